The maximum atomic E-state index is 9.03. The van der Waals surface area contributed by atoms with Crippen LogP contribution in [0.25, 0.3) is 11.1 Å². The van der Waals surface area contributed by atoms with Crippen molar-refractivity contribution in [3.63, 3.8) is 0 Å². The SMILES string of the molecule is C=CC1CCC(c2ccc(-c3ccc(OCCO)c(CCOC)c3)cc2)CC1. The summed E-state index contributed by atoms with van der Waals surface area (Å²) < 4.78 is 10.9. The maximum absolute atomic E-state index is 9.03. The molecular formula is C25H32O3. The Hall–Kier alpha value is -2.10. The standard InChI is InChI=1S/C25H32O3/c1-3-19-4-6-20(7-5-19)21-8-10-22(11-9-21)23-12-13-25(28-17-15-26)24(18-23)14-16-27-2/h3,8-13,18-20,26H,1,4-7,14-17H2,2H3. The Balaban J connectivity index is 1.74. The summed E-state index contributed by atoms with van der Waals surface area (Å²) in [5.74, 6) is 2.20. The van der Waals surface area contributed by atoms with Gasteiger partial charge < -0.3 is 14.6 Å². The predicted octanol–water partition coefficient (Wildman–Crippen LogP) is 5.37. The van der Waals surface area contributed by atoms with Crippen molar-refractivity contribution in [3.05, 3.63) is 66.2 Å². The lowest BCUT2D eigenvalue weighted by molar-refractivity contribution is 0.192. The molecule has 0 saturated heterocycles. The molecule has 3 nitrogen and oxygen atoms in total. The fourth-order valence-electron chi connectivity index (χ4n) is 4.10. The molecule has 0 spiro atoms. The van der Waals surface area contributed by atoms with Crippen LogP contribution in [-0.4, -0.2) is 32.0 Å². The summed E-state index contributed by atoms with van der Waals surface area (Å²) in [5.41, 5.74) is 4.97. The molecule has 1 N–H and O–H groups in total. The minimum atomic E-state index is 0.0155. The van der Waals surface area contributed by atoms with Crippen LogP contribution >= 0.6 is 0 Å². The van der Waals surface area contributed by atoms with Crippen LogP contribution in [0.1, 0.15) is 42.7 Å². The first-order valence-corrected chi connectivity index (χ1v) is 10.3. The zero-order valence-electron chi connectivity index (χ0n) is 16.9. The lowest BCUT2D eigenvalue weighted by Crippen LogP contribution is -2.11. The third kappa shape index (κ3) is 5.24. The quantitative estimate of drug-likeness (QED) is 0.594. The van der Waals surface area contributed by atoms with E-state index in [9.17, 15) is 0 Å². The number of ether oxygens (including phenoxy) is 2. The molecule has 1 aliphatic rings. The third-order valence-corrected chi connectivity index (χ3v) is 5.81. The van der Waals surface area contributed by atoms with Crippen molar-refractivity contribution in [1.82, 2.24) is 0 Å². The van der Waals surface area contributed by atoms with Crippen LogP contribution < -0.4 is 4.74 Å². The topological polar surface area (TPSA) is 38.7 Å². The van der Waals surface area contributed by atoms with Gasteiger partial charge in [0.2, 0.25) is 0 Å². The Morgan fingerprint density at radius 1 is 1.00 bits per heavy atom. The van der Waals surface area contributed by atoms with E-state index < -0.39 is 0 Å². The number of rotatable bonds is 9. The van der Waals surface area contributed by atoms with Crippen molar-refractivity contribution in [3.8, 4) is 16.9 Å². The second-order valence-corrected chi connectivity index (χ2v) is 7.61. The molecule has 1 fully saturated rings. The highest BCUT2D eigenvalue weighted by atomic mass is 16.5. The minimum absolute atomic E-state index is 0.0155. The van der Waals surface area contributed by atoms with Crippen molar-refractivity contribution in [1.29, 1.82) is 0 Å². The largest absolute Gasteiger partial charge is 0.491 e. The highest BCUT2D eigenvalue weighted by Gasteiger charge is 2.20. The first-order chi connectivity index (χ1) is 13.7. The molecule has 2 aromatic carbocycles. The Bertz CT molecular complexity index is 743. The van der Waals surface area contributed by atoms with E-state index in [1.54, 1.807) is 7.11 Å². The molecule has 0 heterocycles. The molecular weight excluding hydrogens is 348 g/mol. The summed E-state index contributed by atoms with van der Waals surface area (Å²) in [6, 6.07) is 15.3. The van der Waals surface area contributed by atoms with Gasteiger partial charge in [-0.25, -0.2) is 0 Å². The molecule has 3 heteroatoms. The van der Waals surface area contributed by atoms with Gasteiger partial charge in [0.05, 0.1) is 13.2 Å². The number of aliphatic hydroxyl groups excluding tert-OH is 1. The van der Waals surface area contributed by atoms with E-state index in [1.807, 2.05) is 6.07 Å². The summed E-state index contributed by atoms with van der Waals surface area (Å²) in [5, 5.41) is 9.03. The highest BCUT2D eigenvalue weighted by molar-refractivity contribution is 5.66. The molecule has 0 aromatic heterocycles. The van der Waals surface area contributed by atoms with Gasteiger partial charge in [-0.1, -0.05) is 36.4 Å². The molecule has 0 radical (unpaired) electrons. The first-order valence-electron chi connectivity index (χ1n) is 10.3. The van der Waals surface area contributed by atoms with E-state index in [4.69, 9.17) is 14.6 Å². The fourth-order valence-corrected chi connectivity index (χ4v) is 4.10. The Morgan fingerprint density at radius 3 is 2.36 bits per heavy atom. The summed E-state index contributed by atoms with van der Waals surface area (Å²) in [6.07, 6.45) is 7.94. The number of benzene rings is 2. The monoisotopic (exact) mass is 380 g/mol. The zero-order chi connectivity index (χ0) is 19.8. The van der Waals surface area contributed by atoms with Gasteiger partial charge in [-0.3, -0.25) is 0 Å². The number of allylic oxidation sites excluding steroid dienone is 1. The van der Waals surface area contributed by atoms with Crippen molar-refractivity contribution >= 4 is 0 Å². The Labute approximate surface area is 169 Å². The van der Waals surface area contributed by atoms with Crippen LogP contribution in [0.3, 0.4) is 0 Å². The van der Waals surface area contributed by atoms with Gasteiger partial charge in [0, 0.05) is 7.11 Å². The van der Waals surface area contributed by atoms with Crippen LogP contribution in [0.4, 0.5) is 0 Å². The summed E-state index contributed by atoms with van der Waals surface area (Å²) in [7, 11) is 1.71. The second kappa shape index (κ2) is 10.4. The van der Waals surface area contributed by atoms with Gasteiger partial charge in [-0.05, 0) is 78.3 Å². The minimum Gasteiger partial charge on any atom is -0.491 e. The lowest BCUT2D eigenvalue weighted by atomic mass is 9.78. The Kier molecular flexibility index (Phi) is 7.70. The van der Waals surface area contributed by atoms with E-state index in [0.29, 0.717) is 25.0 Å². The van der Waals surface area contributed by atoms with Crippen molar-refractivity contribution in [2.75, 3.05) is 26.9 Å². The molecule has 1 aliphatic carbocycles. The van der Waals surface area contributed by atoms with Crippen LogP contribution in [0, 0.1) is 5.92 Å². The average Bonchev–Trinajstić information content (AvgIpc) is 2.76. The van der Waals surface area contributed by atoms with Crippen LogP contribution in [0.5, 0.6) is 5.75 Å². The summed E-state index contributed by atoms with van der Waals surface area (Å²) in [4.78, 5) is 0. The summed E-state index contributed by atoms with van der Waals surface area (Å²) >= 11 is 0. The molecule has 0 aliphatic heterocycles. The second-order valence-electron chi connectivity index (χ2n) is 7.61. The predicted molar refractivity (Wildman–Crippen MR) is 115 cm³/mol. The molecule has 150 valence electrons. The van der Waals surface area contributed by atoms with E-state index in [-0.39, 0.29) is 6.61 Å². The molecule has 28 heavy (non-hydrogen) atoms. The number of aliphatic hydroxyl groups is 1. The lowest BCUT2D eigenvalue weighted by Gasteiger charge is -2.27. The van der Waals surface area contributed by atoms with Crippen molar-refractivity contribution in [2.24, 2.45) is 5.92 Å². The summed E-state index contributed by atoms with van der Waals surface area (Å²) in [6.45, 7) is 4.91. The van der Waals surface area contributed by atoms with Crippen molar-refractivity contribution < 1.29 is 14.6 Å². The average molecular weight is 381 g/mol. The zero-order valence-corrected chi connectivity index (χ0v) is 16.9. The van der Waals surface area contributed by atoms with Gasteiger partial charge in [-0.15, -0.1) is 6.58 Å². The van der Waals surface area contributed by atoms with Crippen LogP contribution in [0.2, 0.25) is 0 Å². The first kappa shape index (κ1) is 20.6. The van der Waals surface area contributed by atoms with Gasteiger partial charge >= 0.3 is 0 Å². The van der Waals surface area contributed by atoms with Gasteiger partial charge in [0.25, 0.3) is 0 Å². The third-order valence-electron chi connectivity index (χ3n) is 5.81. The molecule has 3 rings (SSSR count). The maximum Gasteiger partial charge on any atom is 0.122 e. The van der Waals surface area contributed by atoms with E-state index in [1.165, 1.54) is 42.4 Å². The molecule has 0 amide bonds. The molecule has 0 atom stereocenters. The van der Waals surface area contributed by atoms with Gasteiger partial charge in [0.1, 0.15) is 12.4 Å². The normalized spacial score (nSPS) is 19.4. The van der Waals surface area contributed by atoms with E-state index >= 15 is 0 Å². The van der Waals surface area contributed by atoms with Crippen molar-refractivity contribution in [2.45, 2.75) is 38.0 Å². The number of methoxy groups -OCH3 is 1. The van der Waals surface area contributed by atoms with Gasteiger partial charge in [-0.2, -0.15) is 0 Å². The smallest absolute Gasteiger partial charge is 0.122 e. The number of hydrogen-bond acceptors (Lipinski definition) is 3. The fraction of sp³-hybridized carbons (Fsp3) is 0.440. The van der Waals surface area contributed by atoms with E-state index in [0.717, 1.165) is 17.7 Å². The Morgan fingerprint density at radius 2 is 1.71 bits per heavy atom. The molecule has 0 unspecified atom stereocenters. The van der Waals surface area contributed by atoms with Crippen LogP contribution in [-0.2, 0) is 11.2 Å². The van der Waals surface area contributed by atoms with E-state index in [2.05, 4.69) is 49.1 Å². The molecule has 2 aromatic rings. The number of hydrogen-bond donors (Lipinski definition) is 1. The molecule has 0 bridgehead atoms. The highest BCUT2D eigenvalue weighted by Crippen LogP contribution is 2.37. The van der Waals surface area contributed by atoms with Crippen LogP contribution in [0.15, 0.2) is 55.1 Å². The molecule has 1 saturated carbocycles. The van der Waals surface area contributed by atoms with Gasteiger partial charge in [0.15, 0.2) is 0 Å².